The molecule has 0 fully saturated rings. The van der Waals surface area contributed by atoms with Gasteiger partial charge in [-0.2, -0.15) is 0 Å². The number of hydrogen-bond donors (Lipinski definition) is 0. The van der Waals surface area contributed by atoms with Gasteiger partial charge < -0.3 is 14.2 Å². The summed E-state index contributed by atoms with van der Waals surface area (Å²) in [7, 11) is 2.99. The fraction of sp³-hybridized carbons (Fsp3) is 0.409. The van der Waals surface area contributed by atoms with E-state index < -0.39 is 17.8 Å². The Morgan fingerprint density at radius 2 is 1.76 bits per heavy atom. The Bertz CT molecular complexity index is 931. The number of amides is 1. The Hall–Kier alpha value is -2.96. The third kappa shape index (κ3) is 4.23. The molecule has 0 bridgehead atoms. The average molecular weight is 402 g/mol. The lowest BCUT2D eigenvalue weighted by molar-refractivity contribution is 0.0588. The summed E-state index contributed by atoms with van der Waals surface area (Å²) in [5.74, 6) is -1.55. The molecule has 0 N–H and O–H groups in total. The van der Waals surface area contributed by atoms with E-state index in [1.165, 1.54) is 36.3 Å². The van der Waals surface area contributed by atoms with Crippen LogP contribution in [0.5, 0.6) is 0 Å². The number of Topliss-reactive ketones (excluding diaryl/α,β-unsaturated/α-hetero) is 1. The number of carbonyl (C=O) groups is 3. The lowest BCUT2D eigenvalue weighted by atomic mass is 9.99. The number of ketones is 1. The highest BCUT2D eigenvalue weighted by atomic mass is 19.1. The van der Waals surface area contributed by atoms with Crippen molar-refractivity contribution in [2.75, 3.05) is 13.7 Å². The molecular formula is C22H27FN2O4. The zero-order chi connectivity index (χ0) is 21.9. The Morgan fingerprint density at radius 1 is 1.17 bits per heavy atom. The Kier molecular flexibility index (Phi) is 6.95. The van der Waals surface area contributed by atoms with Crippen molar-refractivity contribution in [3.63, 3.8) is 0 Å². The van der Waals surface area contributed by atoms with Crippen molar-refractivity contribution < 1.29 is 23.5 Å². The summed E-state index contributed by atoms with van der Waals surface area (Å²) in [5, 5.41) is 0. The van der Waals surface area contributed by atoms with Crippen molar-refractivity contribution in [2.45, 2.75) is 40.2 Å². The van der Waals surface area contributed by atoms with Crippen LogP contribution in [0.15, 0.2) is 24.3 Å². The third-order valence-corrected chi connectivity index (χ3v) is 5.22. The third-order valence-electron chi connectivity index (χ3n) is 5.22. The molecule has 0 saturated carbocycles. The number of aromatic nitrogens is 1. The van der Waals surface area contributed by atoms with E-state index in [0.29, 0.717) is 41.0 Å². The first kappa shape index (κ1) is 22.3. The molecule has 2 aromatic rings. The molecule has 1 aromatic carbocycles. The molecule has 0 aliphatic heterocycles. The van der Waals surface area contributed by atoms with E-state index in [9.17, 15) is 18.8 Å². The number of nitrogens with zero attached hydrogens (tertiary/aromatic N) is 2. The predicted octanol–water partition coefficient (Wildman–Crippen LogP) is 3.69. The van der Waals surface area contributed by atoms with Crippen molar-refractivity contribution in [2.24, 2.45) is 7.05 Å². The summed E-state index contributed by atoms with van der Waals surface area (Å²) in [5.41, 5.74) is 2.20. The van der Waals surface area contributed by atoms with Crippen molar-refractivity contribution >= 4 is 17.7 Å². The van der Waals surface area contributed by atoms with Crippen molar-refractivity contribution in [1.29, 1.82) is 0 Å². The largest absolute Gasteiger partial charge is 0.464 e. The van der Waals surface area contributed by atoms with Gasteiger partial charge in [-0.05, 0) is 57.0 Å². The number of esters is 1. The molecule has 29 heavy (non-hydrogen) atoms. The Balaban J connectivity index is 2.44. The van der Waals surface area contributed by atoms with Gasteiger partial charge in [-0.25, -0.2) is 9.18 Å². The summed E-state index contributed by atoms with van der Waals surface area (Å²) in [6.45, 7) is 7.41. The fourth-order valence-electron chi connectivity index (χ4n) is 3.55. The van der Waals surface area contributed by atoms with Gasteiger partial charge in [0.2, 0.25) is 0 Å². The number of hydrogen-bond acceptors (Lipinski definition) is 4. The summed E-state index contributed by atoms with van der Waals surface area (Å²) in [6.07, 6.45) is 0.657. The number of carbonyl (C=O) groups excluding carboxylic acids is 3. The second kappa shape index (κ2) is 9.03. The molecule has 0 aliphatic carbocycles. The van der Waals surface area contributed by atoms with Gasteiger partial charge in [0.15, 0.2) is 5.78 Å². The first-order valence-corrected chi connectivity index (χ1v) is 9.50. The van der Waals surface area contributed by atoms with Crippen LogP contribution in [0.3, 0.4) is 0 Å². The van der Waals surface area contributed by atoms with E-state index in [-0.39, 0.29) is 11.7 Å². The molecule has 156 valence electrons. The normalized spacial score (nSPS) is 11.8. The molecule has 1 unspecified atom stereocenters. The van der Waals surface area contributed by atoms with Crippen LogP contribution in [-0.4, -0.2) is 46.8 Å². The van der Waals surface area contributed by atoms with Crippen LogP contribution in [-0.2, 0) is 11.8 Å². The molecule has 1 heterocycles. The van der Waals surface area contributed by atoms with Crippen LogP contribution < -0.4 is 0 Å². The van der Waals surface area contributed by atoms with Gasteiger partial charge in [0, 0.05) is 30.4 Å². The monoisotopic (exact) mass is 402 g/mol. The number of methoxy groups -OCH3 is 1. The minimum absolute atomic E-state index is 0.255. The van der Waals surface area contributed by atoms with E-state index in [0.717, 1.165) is 0 Å². The van der Waals surface area contributed by atoms with Gasteiger partial charge in [-0.1, -0.05) is 6.92 Å². The summed E-state index contributed by atoms with van der Waals surface area (Å²) in [6, 6.07) is 4.51. The van der Waals surface area contributed by atoms with Crippen LogP contribution in [0.1, 0.15) is 62.7 Å². The van der Waals surface area contributed by atoms with Gasteiger partial charge >= 0.3 is 5.97 Å². The second-order valence-electron chi connectivity index (χ2n) is 7.03. The Morgan fingerprint density at radius 3 is 2.28 bits per heavy atom. The summed E-state index contributed by atoms with van der Waals surface area (Å²) < 4.78 is 19.7. The molecule has 0 spiro atoms. The standard InChI is InChI=1S/C22H27FN2O4/c1-7-12-25(21(27)16-8-10-17(23)11-9-16)15(4)20(26)18-13(2)19(22(28)29-6)24(5)14(18)3/h8-11,15H,7,12H2,1-6H3. The van der Waals surface area contributed by atoms with Gasteiger partial charge in [-0.15, -0.1) is 0 Å². The predicted molar refractivity (Wildman–Crippen MR) is 108 cm³/mol. The van der Waals surface area contributed by atoms with Crippen LogP contribution >= 0.6 is 0 Å². The minimum Gasteiger partial charge on any atom is -0.464 e. The quantitative estimate of drug-likeness (QED) is 0.523. The van der Waals surface area contributed by atoms with Gasteiger partial charge in [0.25, 0.3) is 5.91 Å². The highest BCUT2D eigenvalue weighted by Gasteiger charge is 2.32. The zero-order valence-corrected chi connectivity index (χ0v) is 17.7. The smallest absolute Gasteiger partial charge is 0.354 e. The molecule has 2 rings (SSSR count). The van der Waals surface area contributed by atoms with E-state index in [1.54, 1.807) is 32.4 Å². The highest BCUT2D eigenvalue weighted by molar-refractivity contribution is 6.07. The molecule has 1 amide bonds. The van der Waals surface area contributed by atoms with Crippen LogP contribution in [0.4, 0.5) is 4.39 Å². The summed E-state index contributed by atoms with van der Waals surface area (Å²) >= 11 is 0. The maximum atomic E-state index is 13.3. The second-order valence-corrected chi connectivity index (χ2v) is 7.03. The molecule has 1 aromatic heterocycles. The van der Waals surface area contributed by atoms with Crippen LogP contribution in [0.25, 0.3) is 0 Å². The van der Waals surface area contributed by atoms with E-state index in [2.05, 4.69) is 0 Å². The molecule has 7 heteroatoms. The average Bonchev–Trinajstić information content (AvgIpc) is 2.93. The van der Waals surface area contributed by atoms with Crippen molar-refractivity contribution in [3.05, 3.63) is 58.2 Å². The van der Waals surface area contributed by atoms with Crippen LogP contribution in [0, 0.1) is 19.7 Å². The lowest BCUT2D eigenvalue weighted by Crippen LogP contribution is -2.44. The van der Waals surface area contributed by atoms with Crippen molar-refractivity contribution in [3.8, 4) is 0 Å². The Labute approximate surface area is 170 Å². The number of rotatable bonds is 7. The highest BCUT2D eigenvalue weighted by Crippen LogP contribution is 2.25. The molecular weight excluding hydrogens is 375 g/mol. The van der Waals surface area contributed by atoms with Crippen molar-refractivity contribution in [1.82, 2.24) is 9.47 Å². The zero-order valence-electron chi connectivity index (χ0n) is 17.7. The maximum Gasteiger partial charge on any atom is 0.354 e. The summed E-state index contributed by atoms with van der Waals surface area (Å²) in [4.78, 5) is 39.9. The van der Waals surface area contributed by atoms with E-state index >= 15 is 0 Å². The lowest BCUT2D eigenvalue weighted by Gasteiger charge is -2.28. The van der Waals surface area contributed by atoms with Gasteiger partial charge in [-0.3, -0.25) is 9.59 Å². The minimum atomic E-state index is -0.752. The first-order valence-electron chi connectivity index (χ1n) is 9.50. The molecule has 0 radical (unpaired) electrons. The van der Waals surface area contributed by atoms with E-state index in [4.69, 9.17) is 4.74 Å². The molecule has 6 nitrogen and oxygen atoms in total. The van der Waals surface area contributed by atoms with Gasteiger partial charge in [0.05, 0.1) is 13.2 Å². The fourth-order valence-corrected chi connectivity index (χ4v) is 3.55. The maximum absolute atomic E-state index is 13.3. The topological polar surface area (TPSA) is 68.6 Å². The number of halogens is 1. The molecule has 0 aliphatic rings. The SMILES string of the molecule is CCCN(C(=O)c1ccc(F)cc1)C(C)C(=O)c1c(C)c(C(=O)OC)n(C)c1C. The number of benzene rings is 1. The van der Waals surface area contributed by atoms with Gasteiger partial charge in [0.1, 0.15) is 11.5 Å². The number of ether oxygens (including phenoxy) is 1. The van der Waals surface area contributed by atoms with E-state index in [1.807, 2.05) is 6.92 Å². The molecule has 1 atom stereocenters. The first-order chi connectivity index (χ1) is 13.6. The molecule has 0 saturated heterocycles. The van der Waals surface area contributed by atoms with Crippen LogP contribution in [0.2, 0.25) is 0 Å².